The number of hydrogen-bond acceptors (Lipinski definition) is 0. The van der Waals surface area contributed by atoms with Crippen molar-refractivity contribution in [1.29, 1.82) is 0 Å². The maximum atomic E-state index is 3.78. The van der Waals surface area contributed by atoms with Crippen LogP contribution in [0.5, 0.6) is 0 Å². The van der Waals surface area contributed by atoms with E-state index < -0.39 is 0 Å². The molecule has 0 aliphatic heterocycles. The molecule has 0 saturated carbocycles. The first-order chi connectivity index (χ1) is 34.4. The van der Waals surface area contributed by atoms with Gasteiger partial charge in [-0.3, -0.25) is 0 Å². The van der Waals surface area contributed by atoms with E-state index in [9.17, 15) is 0 Å². The minimum absolute atomic E-state index is 0.0923. The van der Waals surface area contributed by atoms with Crippen molar-refractivity contribution in [3.05, 3.63) is 229 Å². The molecule has 0 bridgehead atoms. The van der Waals surface area contributed by atoms with E-state index in [0.29, 0.717) is 0 Å². The zero-order valence-electron chi connectivity index (χ0n) is 39.9. The maximum Gasteiger partial charge on any atom is 0.0544 e. The van der Waals surface area contributed by atoms with Crippen LogP contribution in [0.2, 0.25) is 0 Å². The zero-order valence-corrected chi connectivity index (χ0v) is 39.9. The van der Waals surface area contributed by atoms with Crippen LogP contribution in [0.1, 0.15) is 49.9 Å². The number of benzene rings is 10. The standard InChI is InChI=1S/C67H51N3/c1-5-41-17-13-14-22-49(41)51-38-54-53-33-43(25-29-61(53)68-62(54)37-42(51)6-2)44-26-30-63-55(34-44)56-35-45(27-31-64(56)69(63)47-18-9-7-10-19-47)46-28-32-65-57(36-46)58-39-52-50-23-15-16-24-59(50)67(3,4)60(52)40-66(58)70(65)48-20-11-8-12-21-48/h7-40,68H,5-6H2,1-4H3. The van der Waals surface area contributed by atoms with Crippen molar-refractivity contribution in [2.45, 2.75) is 46.0 Å². The molecule has 10 aromatic carbocycles. The Balaban J connectivity index is 0.948. The second-order valence-electron chi connectivity index (χ2n) is 19.9. The van der Waals surface area contributed by atoms with Crippen molar-refractivity contribution in [3.63, 3.8) is 0 Å². The van der Waals surface area contributed by atoms with E-state index in [0.717, 1.165) is 24.0 Å². The largest absolute Gasteiger partial charge is 0.355 e. The normalized spacial score (nSPS) is 13.1. The first kappa shape index (κ1) is 40.6. The van der Waals surface area contributed by atoms with Gasteiger partial charge < -0.3 is 14.1 Å². The highest BCUT2D eigenvalue weighted by molar-refractivity contribution is 6.15. The lowest BCUT2D eigenvalue weighted by Gasteiger charge is -2.21. The van der Waals surface area contributed by atoms with E-state index in [-0.39, 0.29) is 5.41 Å². The number of H-pyrrole nitrogens is 1. The molecule has 0 saturated heterocycles. The van der Waals surface area contributed by atoms with E-state index in [2.05, 4.69) is 248 Å². The lowest BCUT2D eigenvalue weighted by Crippen LogP contribution is -2.14. The molecule has 13 aromatic rings. The summed E-state index contributed by atoms with van der Waals surface area (Å²) in [4.78, 5) is 3.78. The Labute approximate surface area is 407 Å². The molecule has 3 nitrogen and oxygen atoms in total. The van der Waals surface area contributed by atoms with Gasteiger partial charge in [0.05, 0.1) is 22.1 Å². The van der Waals surface area contributed by atoms with Crippen LogP contribution in [0.15, 0.2) is 206 Å². The smallest absolute Gasteiger partial charge is 0.0544 e. The van der Waals surface area contributed by atoms with E-state index in [1.807, 2.05) is 0 Å². The summed E-state index contributed by atoms with van der Waals surface area (Å²) in [5.74, 6) is 0. The molecule has 70 heavy (non-hydrogen) atoms. The van der Waals surface area contributed by atoms with Crippen LogP contribution in [0.4, 0.5) is 0 Å². The summed E-state index contributed by atoms with van der Waals surface area (Å²) in [6, 6.07) is 77.5. The van der Waals surface area contributed by atoms with Gasteiger partial charge in [-0.2, -0.15) is 0 Å². The fourth-order valence-electron chi connectivity index (χ4n) is 12.3. The number of aromatic nitrogens is 3. The predicted molar refractivity (Wildman–Crippen MR) is 297 cm³/mol. The zero-order chi connectivity index (χ0) is 46.8. The molecule has 3 heterocycles. The summed E-state index contributed by atoms with van der Waals surface area (Å²) < 4.78 is 4.89. The monoisotopic (exact) mass is 897 g/mol. The third-order valence-electron chi connectivity index (χ3n) is 15.8. The molecule has 3 aromatic heterocycles. The van der Waals surface area contributed by atoms with Gasteiger partial charge in [-0.1, -0.05) is 137 Å². The summed E-state index contributed by atoms with van der Waals surface area (Å²) in [6.07, 6.45) is 1.98. The Kier molecular flexibility index (Phi) is 8.89. The highest BCUT2D eigenvalue weighted by Crippen LogP contribution is 2.51. The lowest BCUT2D eigenvalue weighted by molar-refractivity contribution is 0.661. The number of nitrogens with zero attached hydrogens (tertiary/aromatic N) is 2. The van der Waals surface area contributed by atoms with Gasteiger partial charge in [0, 0.05) is 60.1 Å². The number of aromatic amines is 1. The molecule has 0 radical (unpaired) electrons. The quantitative estimate of drug-likeness (QED) is 0.165. The molecule has 1 N–H and O–H groups in total. The Morgan fingerprint density at radius 1 is 0.343 bits per heavy atom. The van der Waals surface area contributed by atoms with Gasteiger partial charge in [0.15, 0.2) is 0 Å². The molecule has 0 amide bonds. The average molecular weight is 898 g/mol. The fraction of sp³-hybridized carbons (Fsp3) is 0.104. The van der Waals surface area contributed by atoms with Crippen LogP contribution < -0.4 is 0 Å². The highest BCUT2D eigenvalue weighted by Gasteiger charge is 2.36. The van der Waals surface area contributed by atoms with Crippen molar-refractivity contribution < 1.29 is 0 Å². The van der Waals surface area contributed by atoms with Crippen molar-refractivity contribution in [2.75, 3.05) is 0 Å². The fourth-order valence-corrected chi connectivity index (χ4v) is 12.3. The number of nitrogens with one attached hydrogen (secondary N) is 1. The van der Waals surface area contributed by atoms with Crippen molar-refractivity contribution in [2.24, 2.45) is 0 Å². The lowest BCUT2D eigenvalue weighted by atomic mass is 9.82. The van der Waals surface area contributed by atoms with E-state index in [1.165, 1.54) is 132 Å². The van der Waals surface area contributed by atoms with E-state index in [4.69, 9.17) is 0 Å². The van der Waals surface area contributed by atoms with Crippen LogP contribution >= 0.6 is 0 Å². The summed E-state index contributed by atoms with van der Waals surface area (Å²) in [7, 11) is 0. The Morgan fingerprint density at radius 3 is 1.41 bits per heavy atom. The number of hydrogen-bond donors (Lipinski definition) is 1. The molecule has 0 spiro atoms. The van der Waals surface area contributed by atoms with Crippen molar-refractivity contribution in [1.82, 2.24) is 14.1 Å². The van der Waals surface area contributed by atoms with Crippen molar-refractivity contribution >= 4 is 65.4 Å². The molecular weight excluding hydrogens is 847 g/mol. The summed E-state index contributed by atoms with van der Waals surface area (Å²) in [5, 5.41) is 7.53. The number of para-hydroxylation sites is 2. The molecule has 334 valence electrons. The second-order valence-corrected chi connectivity index (χ2v) is 19.9. The summed E-state index contributed by atoms with van der Waals surface area (Å²) >= 11 is 0. The van der Waals surface area contributed by atoms with Gasteiger partial charge in [-0.25, -0.2) is 0 Å². The molecule has 14 rings (SSSR count). The molecule has 1 aliphatic rings. The highest BCUT2D eigenvalue weighted by atomic mass is 15.0. The second kappa shape index (κ2) is 15.3. The minimum atomic E-state index is -0.0923. The van der Waals surface area contributed by atoms with Gasteiger partial charge in [-0.15, -0.1) is 0 Å². The van der Waals surface area contributed by atoms with Gasteiger partial charge in [0.25, 0.3) is 0 Å². The van der Waals surface area contributed by atoms with Crippen LogP contribution in [0.3, 0.4) is 0 Å². The molecule has 1 aliphatic carbocycles. The van der Waals surface area contributed by atoms with Gasteiger partial charge in [0.2, 0.25) is 0 Å². The Bertz CT molecular complexity index is 4270. The Hall–Kier alpha value is -8.40. The van der Waals surface area contributed by atoms with Crippen LogP contribution in [0.25, 0.3) is 121 Å². The van der Waals surface area contributed by atoms with Gasteiger partial charge in [-0.05, 0) is 177 Å². The van der Waals surface area contributed by atoms with Crippen LogP contribution in [-0.4, -0.2) is 14.1 Å². The SMILES string of the molecule is CCc1ccccc1-c1cc2c(cc1CC)[nH]c1ccc(-c3ccc4c(c3)c3cc(-c5ccc6c(c5)c5cc7c(cc5n6-c5ccccc5)C(C)(C)c5ccccc5-7)ccc3n4-c3ccccc3)cc12. The number of aryl methyl sites for hydroxylation is 2. The number of rotatable bonds is 7. The summed E-state index contributed by atoms with van der Waals surface area (Å²) in [5.41, 5.74) is 25.2. The minimum Gasteiger partial charge on any atom is -0.355 e. The Morgan fingerprint density at radius 2 is 0.814 bits per heavy atom. The summed E-state index contributed by atoms with van der Waals surface area (Å²) in [6.45, 7) is 9.27. The number of fused-ring (bicyclic) bond motifs is 12. The van der Waals surface area contributed by atoms with Crippen LogP contribution in [-0.2, 0) is 18.3 Å². The topological polar surface area (TPSA) is 25.6 Å². The average Bonchev–Trinajstić information content (AvgIpc) is 4.11. The molecular formula is C67H51N3. The molecule has 0 fully saturated rings. The first-order valence-corrected chi connectivity index (χ1v) is 25.0. The predicted octanol–water partition coefficient (Wildman–Crippen LogP) is 17.9. The molecule has 0 unspecified atom stereocenters. The maximum absolute atomic E-state index is 3.78. The third kappa shape index (κ3) is 5.94. The molecule has 3 heteroatoms. The van der Waals surface area contributed by atoms with E-state index in [1.54, 1.807) is 0 Å². The molecule has 0 atom stereocenters. The van der Waals surface area contributed by atoms with Crippen LogP contribution in [0, 0.1) is 0 Å². The first-order valence-electron chi connectivity index (χ1n) is 25.0. The van der Waals surface area contributed by atoms with Crippen molar-refractivity contribution in [3.8, 4) is 55.9 Å². The third-order valence-corrected chi connectivity index (χ3v) is 15.8. The van der Waals surface area contributed by atoms with Gasteiger partial charge >= 0.3 is 0 Å². The van der Waals surface area contributed by atoms with E-state index >= 15 is 0 Å². The van der Waals surface area contributed by atoms with Gasteiger partial charge in [0.1, 0.15) is 0 Å².